The molecule has 2 aromatic carbocycles. The van der Waals surface area contributed by atoms with Crippen LogP contribution in [0.5, 0.6) is 0 Å². The van der Waals surface area contributed by atoms with Crippen LogP contribution in [0, 0.1) is 5.21 Å². The van der Waals surface area contributed by atoms with Crippen molar-refractivity contribution in [1.82, 2.24) is 4.65 Å². The lowest BCUT2D eigenvalue weighted by molar-refractivity contribution is -0.0171. The Bertz CT molecular complexity index is 786. The first-order valence-corrected chi connectivity index (χ1v) is 8.74. The number of nitrogens with zero attached hydrogens (tertiary/aromatic N) is 2. The number of para-hydroxylation sites is 1. The third-order valence-corrected chi connectivity index (χ3v) is 4.31. The summed E-state index contributed by atoms with van der Waals surface area (Å²) in [7, 11) is 3.92. The van der Waals surface area contributed by atoms with Crippen LogP contribution >= 0.6 is 0 Å². The molecule has 0 amide bonds. The summed E-state index contributed by atoms with van der Waals surface area (Å²) in [4.78, 5) is 13.3. The van der Waals surface area contributed by atoms with Crippen LogP contribution in [0.15, 0.2) is 66.9 Å². The van der Waals surface area contributed by atoms with E-state index in [4.69, 9.17) is 4.74 Å². The van der Waals surface area contributed by atoms with Crippen LogP contribution in [0.4, 0.5) is 11.4 Å². The number of quaternary nitrogens is 1. The summed E-state index contributed by atoms with van der Waals surface area (Å²) in [5, 5.41) is 21.7. The van der Waals surface area contributed by atoms with E-state index in [1.54, 1.807) is 43.3 Å². The number of hydrogen-bond donors (Lipinski definition) is 1. The van der Waals surface area contributed by atoms with Crippen LogP contribution in [0.1, 0.15) is 24.2 Å². The van der Waals surface area contributed by atoms with Gasteiger partial charge in [0.1, 0.15) is 11.9 Å². The molecule has 6 nitrogen and oxygen atoms in total. The molecule has 2 aromatic rings. The van der Waals surface area contributed by atoms with Crippen LogP contribution in [-0.4, -0.2) is 37.5 Å². The maximum Gasteiger partial charge on any atom is 0.338 e. The zero-order chi connectivity index (χ0) is 20.1. The van der Waals surface area contributed by atoms with Gasteiger partial charge in [0, 0.05) is 26.7 Å². The zero-order valence-corrected chi connectivity index (χ0v) is 16.1. The van der Waals surface area contributed by atoms with Gasteiger partial charge in [0.05, 0.1) is 18.2 Å². The molecular formula is C21H26N2O4. The van der Waals surface area contributed by atoms with E-state index in [0.717, 1.165) is 5.69 Å². The second-order valence-corrected chi connectivity index (χ2v) is 6.57. The maximum absolute atomic E-state index is 12.0. The van der Waals surface area contributed by atoms with E-state index in [0.29, 0.717) is 17.9 Å². The van der Waals surface area contributed by atoms with Gasteiger partial charge in [-0.25, -0.2) is 4.79 Å². The number of carbonyl (C=O) groups is 1. The second kappa shape index (κ2) is 8.35. The molecule has 0 spiro atoms. The summed E-state index contributed by atoms with van der Waals surface area (Å²) >= 11 is 0. The predicted octanol–water partition coefficient (Wildman–Crippen LogP) is 3.66. The molecule has 0 saturated heterocycles. The Morgan fingerprint density at radius 3 is 2.15 bits per heavy atom. The minimum atomic E-state index is -1.32. The van der Waals surface area contributed by atoms with Gasteiger partial charge >= 0.3 is 5.97 Å². The molecule has 1 N–H and O–H groups in total. The van der Waals surface area contributed by atoms with Gasteiger partial charge in [-0.2, -0.15) is 0 Å². The van der Waals surface area contributed by atoms with Crippen molar-refractivity contribution in [2.75, 3.05) is 25.6 Å². The summed E-state index contributed by atoms with van der Waals surface area (Å²) in [6.45, 7) is 3.72. The van der Waals surface area contributed by atoms with E-state index >= 15 is 0 Å². The van der Waals surface area contributed by atoms with Crippen LogP contribution in [0.2, 0.25) is 0 Å². The number of carbonyl (C=O) groups excluding carboxylic acids is 1. The number of rotatable bonds is 4. The predicted molar refractivity (Wildman–Crippen MR) is 108 cm³/mol. The van der Waals surface area contributed by atoms with Gasteiger partial charge in [0.25, 0.3) is 0 Å². The van der Waals surface area contributed by atoms with Crippen LogP contribution in [0.25, 0.3) is 0 Å². The molecule has 0 bridgehead atoms. The fourth-order valence-electron chi connectivity index (χ4n) is 2.53. The lowest BCUT2D eigenvalue weighted by atomic mass is 10.1. The van der Waals surface area contributed by atoms with Gasteiger partial charge in [0.2, 0.25) is 5.72 Å². The monoisotopic (exact) mass is 370 g/mol. The van der Waals surface area contributed by atoms with Crippen molar-refractivity contribution in [2.45, 2.75) is 19.6 Å². The topological polar surface area (TPSA) is 72.8 Å². The molecule has 1 heterocycles. The van der Waals surface area contributed by atoms with Gasteiger partial charge < -0.3 is 20.0 Å². The SMILES string of the molecule is CC1(O)C=C[N+]1([O-])c1ccccc1.CCOC(=O)c1ccc(N(C)C)cc1. The van der Waals surface area contributed by atoms with E-state index < -0.39 is 10.4 Å². The highest BCUT2D eigenvalue weighted by Gasteiger charge is 2.45. The molecule has 0 saturated carbocycles. The van der Waals surface area contributed by atoms with Crippen molar-refractivity contribution >= 4 is 17.3 Å². The van der Waals surface area contributed by atoms with Crippen molar-refractivity contribution < 1.29 is 14.6 Å². The fourth-order valence-corrected chi connectivity index (χ4v) is 2.53. The Morgan fingerprint density at radius 2 is 1.74 bits per heavy atom. The molecule has 0 aliphatic carbocycles. The van der Waals surface area contributed by atoms with Crippen molar-refractivity contribution in [3.63, 3.8) is 0 Å². The number of esters is 1. The maximum atomic E-state index is 12.0. The number of benzene rings is 2. The lowest BCUT2D eigenvalue weighted by Crippen LogP contribution is -2.61. The van der Waals surface area contributed by atoms with Crippen molar-refractivity contribution in [3.8, 4) is 0 Å². The smallest absolute Gasteiger partial charge is 0.338 e. The number of hydroxylamine groups is 2. The minimum Gasteiger partial charge on any atom is -0.620 e. The van der Waals surface area contributed by atoms with E-state index in [1.165, 1.54) is 19.2 Å². The highest BCUT2D eigenvalue weighted by atomic mass is 16.6. The number of hydrogen-bond acceptors (Lipinski definition) is 5. The summed E-state index contributed by atoms with van der Waals surface area (Å²) in [6.07, 6.45) is 2.95. The van der Waals surface area contributed by atoms with Crippen LogP contribution in [-0.2, 0) is 4.74 Å². The summed E-state index contributed by atoms with van der Waals surface area (Å²) < 4.78 is 4.09. The molecule has 6 heteroatoms. The van der Waals surface area contributed by atoms with Gasteiger partial charge in [0.15, 0.2) is 0 Å². The van der Waals surface area contributed by atoms with Crippen LogP contribution < -0.4 is 9.55 Å². The third-order valence-electron chi connectivity index (χ3n) is 4.31. The van der Waals surface area contributed by atoms with E-state index in [-0.39, 0.29) is 5.97 Å². The highest BCUT2D eigenvalue weighted by molar-refractivity contribution is 5.89. The molecule has 2 atom stereocenters. The standard InChI is InChI=1S/C11H15NO2.C10H11NO2/c1-4-14-11(13)9-5-7-10(8-6-9)12(2)3;1-10(12)7-8-11(10,13)9-5-3-2-4-6-9/h5-8H,4H2,1-3H3;2-8,12H,1H3. The van der Waals surface area contributed by atoms with E-state index in [2.05, 4.69) is 0 Å². The largest absolute Gasteiger partial charge is 0.620 e. The normalized spacial score (nSPS) is 22.9. The Balaban J connectivity index is 0.000000194. The van der Waals surface area contributed by atoms with E-state index in [9.17, 15) is 15.1 Å². The average Bonchev–Trinajstić information content (AvgIpc) is 2.68. The Kier molecular flexibility index (Phi) is 6.38. The molecule has 0 fully saturated rings. The number of aliphatic hydroxyl groups is 1. The molecule has 144 valence electrons. The van der Waals surface area contributed by atoms with Gasteiger partial charge in [-0.1, -0.05) is 18.2 Å². The van der Waals surface area contributed by atoms with Crippen LogP contribution in [0.3, 0.4) is 0 Å². The quantitative estimate of drug-likeness (QED) is 0.505. The molecule has 1 aliphatic heterocycles. The first-order valence-electron chi connectivity index (χ1n) is 8.74. The summed E-state index contributed by atoms with van der Waals surface area (Å²) in [6, 6.07) is 16.2. The summed E-state index contributed by atoms with van der Waals surface area (Å²) in [5.74, 6) is -0.266. The van der Waals surface area contributed by atoms with Gasteiger partial charge in [-0.15, -0.1) is 0 Å². The van der Waals surface area contributed by atoms with Crippen molar-refractivity contribution in [1.29, 1.82) is 0 Å². The molecule has 0 radical (unpaired) electrons. The van der Waals surface area contributed by atoms with Gasteiger partial charge in [-0.3, -0.25) is 4.65 Å². The zero-order valence-electron chi connectivity index (χ0n) is 16.1. The minimum absolute atomic E-state index is 0.266. The van der Waals surface area contributed by atoms with Crippen molar-refractivity contribution in [3.05, 3.63) is 77.6 Å². The number of anilines is 1. The Hall–Kier alpha value is -2.67. The molecule has 3 rings (SSSR count). The lowest BCUT2D eigenvalue weighted by Gasteiger charge is -2.52. The second-order valence-electron chi connectivity index (χ2n) is 6.57. The van der Waals surface area contributed by atoms with E-state index in [1.807, 2.05) is 37.2 Å². The Morgan fingerprint density at radius 1 is 1.15 bits per heavy atom. The third kappa shape index (κ3) is 4.54. The molecule has 27 heavy (non-hydrogen) atoms. The number of ether oxygens (including phenoxy) is 1. The fraction of sp³-hybridized carbons (Fsp3) is 0.286. The molecule has 1 aliphatic rings. The van der Waals surface area contributed by atoms with Gasteiger partial charge in [-0.05, 0) is 43.3 Å². The molecular weight excluding hydrogens is 344 g/mol. The first-order chi connectivity index (χ1) is 12.7. The molecule has 2 unspecified atom stereocenters. The van der Waals surface area contributed by atoms with Crippen molar-refractivity contribution in [2.24, 2.45) is 0 Å². The average molecular weight is 370 g/mol. The Labute approximate surface area is 160 Å². The first kappa shape index (κ1) is 20.6. The summed E-state index contributed by atoms with van der Waals surface area (Å²) in [5.41, 5.74) is 0.895. The highest BCUT2D eigenvalue weighted by Crippen LogP contribution is 2.38. The molecule has 0 aromatic heterocycles.